The maximum atomic E-state index is 12.1. The number of sulfone groups is 1. The fraction of sp³-hybridized carbons (Fsp3) is 0.412. The number of benzene rings is 1. The van der Waals surface area contributed by atoms with E-state index in [0.29, 0.717) is 18.5 Å². The predicted octanol–water partition coefficient (Wildman–Crippen LogP) is 1.54. The Morgan fingerprint density at radius 3 is 2.71 bits per heavy atom. The molecule has 6 nitrogen and oxygen atoms in total. The number of rotatable bonds is 5. The van der Waals surface area contributed by atoms with Crippen LogP contribution < -0.4 is 5.32 Å². The molecule has 0 unspecified atom stereocenters. The number of aryl methyl sites for hydroxylation is 1. The van der Waals surface area contributed by atoms with Gasteiger partial charge in [-0.1, -0.05) is 18.2 Å². The van der Waals surface area contributed by atoms with Gasteiger partial charge in [0, 0.05) is 41.7 Å². The Hall–Kier alpha value is -2.15. The number of fused-ring (bicyclic) bond motifs is 1. The van der Waals surface area contributed by atoms with Crippen LogP contribution in [-0.4, -0.2) is 42.2 Å². The minimum absolute atomic E-state index is 0.00874. The number of carbonyl (C=O) groups excluding carboxylic acids is 2. The normalized spacial score (nSPS) is 19.5. The lowest BCUT2D eigenvalue weighted by Gasteiger charge is -2.11. The summed E-state index contributed by atoms with van der Waals surface area (Å²) in [5, 5.41) is 3.67. The summed E-state index contributed by atoms with van der Waals surface area (Å²) in [5.41, 5.74) is 1.56. The Morgan fingerprint density at radius 1 is 1.29 bits per heavy atom. The van der Waals surface area contributed by atoms with Crippen molar-refractivity contribution in [2.24, 2.45) is 0 Å². The number of nitrogens with one attached hydrogen (secondary N) is 1. The van der Waals surface area contributed by atoms with Crippen LogP contribution in [0.15, 0.2) is 30.5 Å². The Kier molecular flexibility index (Phi) is 4.45. The van der Waals surface area contributed by atoms with Crippen LogP contribution >= 0.6 is 0 Å². The quantitative estimate of drug-likeness (QED) is 0.831. The van der Waals surface area contributed by atoms with Crippen molar-refractivity contribution >= 4 is 32.4 Å². The fourth-order valence-corrected chi connectivity index (χ4v) is 4.82. The van der Waals surface area contributed by atoms with E-state index in [1.165, 1.54) is 6.92 Å². The van der Waals surface area contributed by atoms with Gasteiger partial charge in [-0.25, -0.2) is 8.42 Å². The number of para-hydroxylation sites is 1. The monoisotopic (exact) mass is 348 g/mol. The van der Waals surface area contributed by atoms with E-state index in [4.69, 9.17) is 0 Å². The van der Waals surface area contributed by atoms with Crippen molar-refractivity contribution < 1.29 is 18.0 Å². The molecule has 1 aromatic heterocycles. The van der Waals surface area contributed by atoms with Crippen LogP contribution in [0.4, 0.5) is 0 Å². The average Bonchev–Trinajstić information content (AvgIpc) is 3.05. The summed E-state index contributed by atoms with van der Waals surface area (Å²) < 4.78 is 24.8. The van der Waals surface area contributed by atoms with Crippen molar-refractivity contribution in [1.82, 2.24) is 9.88 Å². The molecule has 128 valence electrons. The summed E-state index contributed by atoms with van der Waals surface area (Å²) >= 11 is 0. The molecule has 1 amide bonds. The lowest BCUT2D eigenvalue weighted by molar-refractivity contribution is -0.121. The van der Waals surface area contributed by atoms with Gasteiger partial charge < -0.3 is 9.88 Å². The first-order valence-electron chi connectivity index (χ1n) is 7.94. The second-order valence-electron chi connectivity index (χ2n) is 6.23. The molecule has 0 bridgehead atoms. The summed E-state index contributed by atoms with van der Waals surface area (Å²) in [6.07, 6.45) is 2.50. The van der Waals surface area contributed by atoms with Crippen molar-refractivity contribution in [3.8, 4) is 0 Å². The largest absolute Gasteiger partial charge is 0.352 e. The third kappa shape index (κ3) is 3.51. The van der Waals surface area contributed by atoms with Crippen molar-refractivity contribution in [3.63, 3.8) is 0 Å². The maximum absolute atomic E-state index is 12.1. The van der Waals surface area contributed by atoms with Gasteiger partial charge in [-0.05, 0) is 19.4 Å². The van der Waals surface area contributed by atoms with Crippen LogP contribution in [0.2, 0.25) is 0 Å². The highest BCUT2D eigenvalue weighted by atomic mass is 32.2. The highest BCUT2D eigenvalue weighted by molar-refractivity contribution is 7.91. The third-order valence-corrected chi connectivity index (χ3v) is 6.11. The van der Waals surface area contributed by atoms with Crippen molar-refractivity contribution in [2.45, 2.75) is 32.4 Å². The summed E-state index contributed by atoms with van der Waals surface area (Å²) in [5.74, 6) is -0.00761. The molecule has 1 aromatic carbocycles. The first kappa shape index (κ1) is 16.7. The molecule has 1 N–H and O–H groups in total. The van der Waals surface area contributed by atoms with E-state index in [1.807, 2.05) is 28.8 Å². The van der Waals surface area contributed by atoms with Crippen molar-refractivity contribution in [1.29, 1.82) is 0 Å². The number of nitrogens with zero attached hydrogens (tertiary/aromatic N) is 1. The molecule has 0 saturated carbocycles. The first-order valence-corrected chi connectivity index (χ1v) is 9.76. The van der Waals surface area contributed by atoms with Gasteiger partial charge in [0.15, 0.2) is 15.6 Å². The molecule has 1 atom stereocenters. The Labute approximate surface area is 140 Å². The highest BCUT2D eigenvalue weighted by Crippen LogP contribution is 2.22. The Morgan fingerprint density at radius 2 is 2.04 bits per heavy atom. The molecule has 1 fully saturated rings. The predicted molar refractivity (Wildman–Crippen MR) is 91.8 cm³/mol. The maximum Gasteiger partial charge on any atom is 0.222 e. The molecular formula is C17H20N2O4S. The molecule has 0 aliphatic carbocycles. The van der Waals surface area contributed by atoms with E-state index in [9.17, 15) is 18.0 Å². The molecule has 1 aliphatic heterocycles. The third-order valence-electron chi connectivity index (χ3n) is 4.35. The highest BCUT2D eigenvalue weighted by Gasteiger charge is 2.28. The minimum atomic E-state index is -3.00. The van der Waals surface area contributed by atoms with E-state index < -0.39 is 9.84 Å². The van der Waals surface area contributed by atoms with Crippen LogP contribution in [0, 0.1) is 0 Å². The van der Waals surface area contributed by atoms with Gasteiger partial charge in [-0.3, -0.25) is 9.59 Å². The smallest absolute Gasteiger partial charge is 0.222 e. The second-order valence-corrected chi connectivity index (χ2v) is 8.46. The standard InChI is InChI=1S/C17H20N2O4S/c1-12(20)15-10-19(16-5-3-2-4-14(15)16)8-6-17(21)18-13-7-9-24(22,23)11-13/h2-5,10,13H,6-9,11H2,1H3,(H,18,21)/t13-/m1/s1. The zero-order valence-corrected chi connectivity index (χ0v) is 14.3. The zero-order valence-electron chi connectivity index (χ0n) is 13.5. The van der Waals surface area contributed by atoms with Gasteiger partial charge in [0.25, 0.3) is 0 Å². The molecule has 24 heavy (non-hydrogen) atoms. The van der Waals surface area contributed by atoms with E-state index in [1.54, 1.807) is 6.20 Å². The SMILES string of the molecule is CC(=O)c1cn(CCC(=O)N[C@@H]2CCS(=O)(=O)C2)c2ccccc12. The summed E-state index contributed by atoms with van der Waals surface area (Å²) in [6.45, 7) is 1.97. The summed E-state index contributed by atoms with van der Waals surface area (Å²) in [7, 11) is -3.00. The zero-order chi connectivity index (χ0) is 17.3. The van der Waals surface area contributed by atoms with Crippen LogP contribution in [0.25, 0.3) is 10.9 Å². The molecule has 0 radical (unpaired) electrons. The molecule has 1 aliphatic rings. The van der Waals surface area contributed by atoms with Gasteiger partial charge in [0.2, 0.25) is 5.91 Å². The van der Waals surface area contributed by atoms with Gasteiger partial charge in [0.05, 0.1) is 11.5 Å². The van der Waals surface area contributed by atoms with Gasteiger partial charge in [-0.2, -0.15) is 0 Å². The topological polar surface area (TPSA) is 85.2 Å². The first-order chi connectivity index (χ1) is 11.4. The number of hydrogen-bond donors (Lipinski definition) is 1. The molecule has 3 rings (SSSR count). The van der Waals surface area contributed by atoms with E-state index in [-0.39, 0.29) is 35.7 Å². The van der Waals surface area contributed by atoms with Crippen molar-refractivity contribution in [2.75, 3.05) is 11.5 Å². The van der Waals surface area contributed by atoms with E-state index in [0.717, 1.165) is 10.9 Å². The second kappa shape index (κ2) is 6.39. The fourth-order valence-electron chi connectivity index (χ4n) is 3.14. The lowest BCUT2D eigenvalue weighted by Crippen LogP contribution is -2.35. The number of hydrogen-bond acceptors (Lipinski definition) is 4. The minimum Gasteiger partial charge on any atom is -0.352 e. The van der Waals surface area contributed by atoms with Gasteiger partial charge >= 0.3 is 0 Å². The van der Waals surface area contributed by atoms with E-state index >= 15 is 0 Å². The molecule has 2 heterocycles. The summed E-state index contributed by atoms with van der Waals surface area (Å²) in [6, 6.07) is 7.31. The number of amides is 1. The van der Waals surface area contributed by atoms with Crippen molar-refractivity contribution in [3.05, 3.63) is 36.0 Å². The molecule has 0 spiro atoms. The molecular weight excluding hydrogens is 328 g/mol. The molecule has 7 heteroatoms. The summed E-state index contributed by atoms with van der Waals surface area (Å²) in [4.78, 5) is 23.8. The van der Waals surface area contributed by atoms with Crippen LogP contribution in [0.5, 0.6) is 0 Å². The number of carbonyl (C=O) groups is 2. The van der Waals surface area contributed by atoms with Gasteiger partial charge in [0.1, 0.15) is 0 Å². The van der Waals surface area contributed by atoms with Crippen LogP contribution in [-0.2, 0) is 21.2 Å². The van der Waals surface area contributed by atoms with E-state index in [2.05, 4.69) is 5.32 Å². The number of ketones is 1. The Balaban J connectivity index is 1.68. The molecule has 1 saturated heterocycles. The lowest BCUT2D eigenvalue weighted by atomic mass is 10.1. The van der Waals surface area contributed by atoms with Crippen LogP contribution in [0.1, 0.15) is 30.1 Å². The number of Topliss-reactive ketones (excluding diaryl/α,β-unsaturated/α-hetero) is 1. The van der Waals surface area contributed by atoms with Gasteiger partial charge in [-0.15, -0.1) is 0 Å². The Bertz CT molecular complexity index is 898. The average molecular weight is 348 g/mol. The van der Waals surface area contributed by atoms with Crippen LogP contribution in [0.3, 0.4) is 0 Å². The molecule has 2 aromatic rings. The number of aromatic nitrogens is 1.